The fourth-order valence-corrected chi connectivity index (χ4v) is 3.84. The zero-order valence-electron chi connectivity index (χ0n) is 16.1. The lowest BCUT2D eigenvalue weighted by molar-refractivity contribution is 0.0928. The van der Waals surface area contributed by atoms with E-state index in [2.05, 4.69) is 12.2 Å². The third-order valence-electron chi connectivity index (χ3n) is 5.51. The van der Waals surface area contributed by atoms with Crippen LogP contribution in [0.5, 0.6) is 5.75 Å². The molecule has 1 saturated carbocycles. The van der Waals surface area contributed by atoms with Crippen molar-refractivity contribution < 1.29 is 13.9 Å². The first-order valence-electron chi connectivity index (χ1n) is 9.98. The number of carbonyl (C=O) groups excluding carboxylic acids is 1. The predicted octanol–water partition coefficient (Wildman–Crippen LogP) is 4.58. The van der Waals surface area contributed by atoms with Gasteiger partial charge in [0.15, 0.2) is 5.76 Å². The molecule has 1 atom stereocenters. The first kappa shape index (κ1) is 19.5. The molecule has 1 fully saturated rings. The number of nitrogens with one attached hydrogen (secondary N) is 1. The average molecular weight is 370 g/mol. The van der Waals surface area contributed by atoms with Crippen molar-refractivity contribution in [3.8, 4) is 17.1 Å². The van der Waals surface area contributed by atoms with Crippen LogP contribution in [0.25, 0.3) is 11.3 Å². The second kappa shape index (κ2) is 9.60. The van der Waals surface area contributed by atoms with Crippen LogP contribution in [0.15, 0.2) is 40.8 Å². The molecule has 3 rings (SSSR count). The quantitative estimate of drug-likeness (QED) is 0.667. The number of furan rings is 1. The lowest BCUT2D eigenvalue weighted by Gasteiger charge is -2.27. The van der Waals surface area contributed by atoms with Crippen molar-refractivity contribution in [2.75, 3.05) is 13.3 Å². The van der Waals surface area contributed by atoms with Crippen LogP contribution in [-0.4, -0.2) is 19.2 Å². The normalized spacial score (nSPS) is 16.1. The van der Waals surface area contributed by atoms with Gasteiger partial charge in [-0.2, -0.15) is 0 Å². The van der Waals surface area contributed by atoms with Gasteiger partial charge in [0, 0.05) is 5.56 Å². The van der Waals surface area contributed by atoms with E-state index in [-0.39, 0.29) is 18.3 Å². The average Bonchev–Trinajstić information content (AvgIpc) is 3.19. The van der Waals surface area contributed by atoms with Gasteiger partial charge in [-0.3, -0.25) is 4.79 Å². The minimum Gasteiger partial charge on any atom is -0.494 e. The van der Waals surface area contributed by atoms with E-state index in [1.165, 1.54) is 32.1 Å². The van der Waals surface area contributed by atoms with E-state index < -0.39 is 0 Å². The standard InChI is InChI=1S/C22H30N2O3/c1-16(17-6-3-2-4-7-17)12-13-26-19-9-5-8-18(14-19)20-10-11-21(27-20)22(25)24-15-23/h5,8-11,14,16-17H,2-4,6-7,12-13,15,23H2,1H3,(H,24,25). The number of nitrogens with two attached hydrogens (primary N) is 1. The zero-order valence-corrected chi connectivity index (χ0v) is 16.1. The lowest BCUT2D eigenvalue weighted by atomic mass is 9.80. The molecule has 27 heavy (non-hydrogen) atoms. The maximum Gasteiger partial charge on any atom is 0.287 e. The second-order valence-corrected chi connectivity index (χ2v) is 7.41. The van der Waals surface area contributed by atoms with Crippen molar-refractivity contribution in [2.24, 2.45) is 17.6 Å². The molecule has 5 heteroatoms. The molecule has 0 radical (unpaired) electrons. The molecular formula is C22H30N2O3. The Morgan fingerprint density at radius 3 is 2.85 bits per heavy atom. The Balaban J connectivity index is 1.55. The van der Waals surface area contributed by atoms with Crippen LogP contribution < -0.4 is 15.8 Å². The van der Waals surface area contributed by atoms with E-state index >= 15 is 0 Å². The number of hydrogen-bond acceptors (Lipinski definition) is 4. The molecule has 1 aromatic carbocycles. The van der Waals surface area contributed by atoms with Gasteiger partial charge in [0.2, 0.25) is 0 Å². The van der Waals surface area contributed by atoms with Gasteiger partial charge >= 0.3 is 0 Å². The molecule has 1 amide bonds. The van der Waals surface area contributed by atoms with Crippen LogP contribution in [0, 0.1) is 11.8 Å². The molecular weight excluding hydrogens is 340 g/mol. The molecule has 1 aliphatic rings. The fourth-order valence-electron chi connectivity index (χ4n) is 3.84. The van der Waals surface area contributed by atoms with E-state index in [4.69, 9.17) is 14.9 Å². The van der Waals surface area contributed by atoms with Crippen molar-refractivity contribution in [2.45, 2.75) is 45.4 Å². The Kier molecular flexibility index (Phi) is 6.93. The van der Waals surface area contributed by atoms with Crippen LogP contribution in [0.4, 0.5) is 0 Å². The topological polar surface area (TPSA) is 77.5 Å². The zero-order chi connectivity index (χ0) is 19.1. The molecule has 2 aromatic rings. The van der Waals surface area contributed by atoms with E-state index in [0.29, 0.717) is 11.7 Å². The minimum atomic E-state index is -0.312. The number of ether oxygens (including phenoxy) is 1. The lowest BCUT2D eigenvalue weighted by Crippen LogP contribution is -2.28. The van der Waals surface area contributed by atoms with Gasteiger partial charge in [-0.15, -0.1) is 0 Å². The molecule has 1 aromatic heterocycles. The highest BCUT2D eigenvalue weighted by Crippen LogP contribution is 2.32. The molecule has 146 valence electrons. The van der Waals surface area contributed by atoms with Crippen LogP contribution in [-0.2, 0) is 0 Å². The van der Waals surface area contributed by atoms with Crippen molar-refractivity contribution >= 4 is 5.91 Å². The Labute approximate surface area is 161 Å². The largest absolute Gasteiger partial charge is 0.494 e. The monoisotopic (exact) mass is 370 g/mol. The summed E-state index contributed by atoms with van der Waals surface area (Å²) in [5, 5.41) is 2.52. The van der Waals surface area contributed by atoms with Gasteiger partial charge < -0.3 is 20.2 Å². The Morgan fingerprint density at radius 2 is 2.07 bits per heavy atom. The van der Waals surface area contributed by atoms with Gasteiger partial charge in [0.1, 0.15) is 11.5 Å². The number of carbonyl (C=O) groups is 1. The molecule has 0 spiro atoms. The summed E-state index contributed by atoms with van der Waals surface area (Å²) >= 11 is 0. The summed E-state index contributed by atoms with van der Waals surface area (Å²) in [5.41, 5.74) is 6.22. The van der Waals surface area contributed by atoms with Crippen LogP contribution in [0.3, 0.4) is 0 Å². The summed E-state index contributed by atoms with van der Waals surface area (Å²) in [5.74, 6) is 2.97. The maximum atomic E-state index is 11.8. The van der Waals surface area contributed by atoms with Crippen LogP contribution in [0.2, 0.25) is 0 Å². The molecule has 0 saturated heterocycles. The van der Waals surface area contributed by atoms with Crippen molar-refractivity contribution in [1.82, 2.24) is 5.32 Å². The Morgan fingerprint density at radius 1 is 1.26 bits per heavy atom. The number of hydrogen-bond donors (Lipinski definition) is 2. The fraction of sp³-hybridized carbons (Fsp3) is 0.500. The van der Waals surface area contributed by atoms with Gasteiger partial charge in [-0.05, 0) is 42.5 Å². The van der Waals surface area contributed by atoms with E-state index in [9.17, 15) is 4.79 Å². The van der Waals surface area contributed by atoms with E-state index in [1.807, 2.05) is 24.3 Å². The van der Waals surface area contributed by atoms with Crippen molar-refractivity contribution in [3.63, 3.8) is 0 Å². The van der Waals surface area contributed by atoms with Gasteiger partial charge in [0.05, 0.1) is 13.3 Å². The van der Waals surface area contributed by atoms with Crippen LogP contribution >= 0.6 is 0 Å². The molecule has 5 nitrogen and oxygen atoms in total. The number of rotatable bonds is 8. The highest BCUT2D eigenvalue weighted by Gasteiger charge is 2.19. The van der Waals surface area contributed by atoms with Gasteiger partial charge in [-0.1, -0.05) is 51.2 Å². The summed E-state index contributed by atoms with van der Waals surface area (Å²) in [6, 6.07) is 11.2. The molecule has 1 heterocycles. The summed E-state index contributed by atoms with van der Waals surface area (Å²) in [7, 11) is 0. The summed E-state index contributed by atoms with van der Waals surface area (Å²) in [4.78, 5) is 11.8. The van der Waals surface area contributed by atoms with E-state index in [1.54, 1.807) is 12.1 Å². The number of amides is 1. The smallest absolute Gasteiger partial charge is 0.287 e. The second-order valence-electron chi connectivity index (χ2n) is 7.41. The highest BCUT2D eigenvalue weighted by atomic mass is 16.5. The van der Waals surface area contributed by atoms with Crippen molar-refractivity contribution in [1.29, 1.82) is 0 Å². The molecule has 0 aliphatic heterocycles. The molecule has 1 aliphatic carbocycles. The first-order valence-corrected chi connectivity index (χ1v) is 9.98. The summed E-state index contributed by atoms with van der Waals surface area (Å²) < 4.78 is 11.6. The van der Waals surface area contributed by atoms with Crippen molar-refractivity contribution in [3.05, 3.63) is 42.2 Å². The Bertz CT molecular complexity index is 735. The van der Waals surface area contributed by atoms with E-state index in [0.717, 1.165) is 30.3 Å². The molecule has 3 N–H and O–H groups in total. The van der Waals surface area contributed by atoms with Gasteiger partial charge in [0.25, 0.3) is 5.91 Å². The third-order valence-corrected chi connectivity index (χ3v) is 5.51. The SMILES string of the molecule is CC(CCOc1cccc(-c2ccc(C(=O)NCN)o2)c1)C1CCCCC1. The maximum absolute atomic E-state index is 11.8. The predicted molar refractivity (Wildman–Crippen MR) is 107 cm³/mol. The Hall–Kier alpha value is -2.27. The third kappa shape index (κ3) is 5.36. The number of benzene rings is 1. The minimum absolute atomic E-state index is 0.0808. The molecule has 1 unspecified atom stereocenters. The highest BCUT2D eigenvalue weighted by molar-refractivity contribution is 5.92. The van der Waals surface area contributed by atoms with Gasteiger partial charge in [-0.25, -0.2) is 0 Å². The summed E-state index contributed by atoms with van der Waals surface area (Å²) in [6.07, 6.45) is 7.98. The first-order chi connectivity index (χ1) is 13.2. The summed E-state index contributed by atoms with van der Waals surface area (Å²) in [6.45, 7) is 3.16. The van der Waals surface area contributed by atoms with Crippen LogP contribution in [0.1, 0.15) is 56.0 Å². The molecule has 0 bridgehead atoms.